The second-order valence-corrected chi connectivity index (χ2v) is 8.81. The zero-order valence-corrected chi connectivity index (χ0v) is 20.4. The van der Waals surface area contributed by atoms with Crippen LogP contribution in [0.2, 0.25) is 0 Å². The fourth-order valence-corrected chi connectivity index (χ4v) is 4.11. The molecule has 0 saturated carbocycles. The average Bonchev–Trinajstić information content (AvgIpc) is 3.44. The van der Waals surface area contributed by atoms with Gasteiger partial charge in [-0.25, -0.2) is 14.7 Å². The van der Waals surface area contributed by atoms with Crippen molar-refractivity contribution >= 4 is 41.4 Å². The van der Waals surface area contributed by atoms with Crippen molar-refractivity contribution < 1.29 is 0 Å². The van der Waals surface area contributed by atoms with Gasteiger partial charge in [-0.2, -0.15) is 10.4 Å². The minimum absolute atomic E-state index is 0.369. The Kier molecular flexibility index (Phi) is 6.70. The number of nitrogens with zero attached hydrogens (tertiary/aromatic N) is 6. The standard InChI is InChI=1S/C25H26N8S/c1-16(2)6-10-23(27-4)29-18-7-8-20-21(13-18)32(15-28-20)24-11-9-22(34-5)25(30-24)33-17(3)12-19(14-26)31-33/h6-13,28-29H,4,15H2,1-3,5H3/b23-10+. The molecule has 3 aromatic rings. The number of aryl methyl sites for hydroxylation is 1. The predicted octanol–water partition coefficient (Wildman–Crippen LogP) is 5.61. The number of benzene rings is 1. The van der Waals surface area contributed by atoms with Crippen LogP contribution < -0.4 is 15.5 Å². The zero-order chi connectivity index (χ0) is 24.2. The van der Waals surface area contributed by atoms with E-state index in [1.54, 1.807) is 22.5 Å². The van der Waals surface area contributed by atoms with E-state index in [1.165, 1.54) is 5.57 Å². The highest BCUT2D eigenvalue weighted by Gasteiger charge is 2.23. The second kappa shape index (κ2) is 9.85. The number of nitrogens with one attached hydrogen (secondary N) is 2. The number of fused-ring (bicyclic) bond motifs is 1. The first-order chi connectivity index (χ1) is 16.4. The van der Waals surface area contributed by atoms with Crippen molar-refractivity contribution in [2.24, 2.45) is 4.99 Å². The average molecular weight is 471 g/mol. The maximum atomic E-state index is 9.26. The molecule has 2 aromatic heterocycles. The monoisotopic (exact) mass is 470 g/mol. The lowest BCUT2D eigenvalue weighted by Gasteiger charge is -2.20. The Bertz CT molecular complexity index is 1340. The molecule has 3 heterocycles. The van der Waals surface area contributed by atoms with Crippen LogP contribution in [0.1, 0.15) is 25.2 Å². The topological polar surface area (TPSA) is 94.2 Å². The van der Waals surface area contributed by atoms with E-state index in [0.29, 0.717) is 24.0 Å². The quantitative estimate of drug-likeness (QED) is 0.263. The van der Waals surface area contributed by atoms with Gasteiger partial charge in [0.25, 0.3) is 0 Å². The molecule has 1 aliphatic heterocycles. The van der Waals surface area contributed by atoms with Gasteiger partial charge in [0.05, 0.1) is 22.9 Å². The Morgan fingerprint density at radius 3 is 2.76 bits per heavy atom. The smallest absolute Gasteiger partial charge is 0.169 e. The molecular weight excluding hydrogens is 444 g/mol. The number of hydrogen-bond donors (Lipinski definition) is 2. The minimum atomic E-state index is 0.369. The maximum Gasteiger partial charge on any atom is 0.169 e. The fourth-order valence-electron chi connectivity index (χ4n) is 3.59. The molecule has 0 amide bonds. The van der Waals surface area contributed by atoms with Crippen LogP contribution in [0.3, 0.4) is 0 Å². The second-order valence-electron chi connectivity index (χ2n) is 7.96. The number of pyridine rings is 1. The van der Waals surface area contributed by atoms with Crippen molar-refractivity contribution in [1.82, 2.24) is 14.8 Å². The lowest BCUT2D eigenvalue weighted by atomic mass is 10.2. The zero-order valence-electron chi connectivity index (χ0n) is 19.6. The van der Waals surface area contributed by atoms with E-state index >= 15 is 0 Å². The van der Waals surface area contributed by atoms with Gasteiger partial charge in [-0.1, -0.05) is 11.6 Å². The summed E-state index contributed by atoms with van der Waals surface area (Å²) in [5.74, 6) is 2.16. The van der Waals surface area contributed by atoms with E-state index < -0.39 is 0 Å². The van der Waals surface area contributed by atoms with Gasteiger partial charge in [0.2, 0.25) is 0 Å². The number of hydrogen-bond acceptors (Lipinski definition) is 8. The Morgan fingerprint density at radius 2 is 2.09 bits per heavy atom. The molecule has 34 heavy (non-hydrogen) atoms. The summed E-state index contributed by atoms with van der Waals surface area (Å²) in [6.07, 6.45) is 5.90. The fraction of sp³-hybridized carbons (Fsp3) is 0.200. The number of aromatic nitrogens is 3. The molecule has 1 aliphatic rings. The Hall–Kier alpha value is -4.03. The van der Waals surface area contributed by atoms with E-state index in [9.17, 15) is 5.26 Å². The third-order valence-corrected chi connectivity index (χ3v) is 6.02. The third kappa shape index (κ3) is 4.67. The molecule has 9 heteroatoms. The van der Waals surface area contributed by atoms with Crippen molar-refractivity contribution in [3.05, 3.63) is 71.3 Å². The molecule has 0 bridgehead atoms. The number of anilines is 4. The van der Waals surface area contributed by atoms with Crippen molar-refractivity contribution in [1.29, 1.82) is 5.26 Å². The minimum Gasteiger partial charge on any atom is -0.366 e. The normalized spacial score (nSPS) is 12.6. The first-order valence-corrected chi connectivity index (χ1v) is 11.9. The van der Waals surface area contributed by atoms with Gasteiger partial charge in [-0.15, -0.1) is 11.8 Å². The van der Waals surface area contributed by atoms with Gasteiger partial charge in [-0.3, -0.25) is 0 Å². The van der Waals surface area contributed by atoms with Crippen LogP contribution in [0.25, 0.3) is 5.82 Å². The summed E-state index contributed by atoms with van der Waals surface area (Å²) < 4.78 is 1.73. The van der Waals surface area contributed by atoms with Crippen molar-refractivity contribution in [2.75, 3.05) is 28.5 Å². The van der Waals surface area contributed by atoms with Crippen LogP contribution in [-0.2, 0) is 0 Å². The molecule has 0 aliphatic carbocycles. The highest BCUT2D eigenvalue weighted by atomic mass is 32.2. The first kappa shape index (κ1) is 23.1. The van der Waals surface area contributed by atoms with Crippen LogP contribution in [-0.4, -0.2) is 34.4 Å². The van der Waals surface area contributed by atoms with Crippen LogP contribution in [0, 0.1) is 18.3 Å². The number of allylic oxidation sites excluding steroid dienone is 3. The summed E-state index contributed by atoms with van der Waals surface area (Å²) in [5, 5.41) is 20.4. The highest BCUT2D eigenvalue weighted by Crippen LogP contribution is 2.39. The van der Waals surface area contributed by atoms with Crippen LogP contribution in [0.5, 0.6) is 0 Å². The molecule has 0 fully saturated rings. The van der Waals surface area contributed by atoms with E-state index in [-0.39, 0.29) is 0 Å². The van der Waals surface area contributed by atoms with Gasteiger partial charge in [0.15, 0.2) is 11.5 Å². The number of thioether (sulfide) groups is 1. The summed E-state index contributed by atoms with van der Waals surface area (Å²) in [7, 11) is 0. The highest BCUT2D eigenvalue weighted by molar-refractivity contribution is 7.98. The SMILES string of the molecule is C=N/C(=C\C=C(C)C)Nc1ccc2c(c1)N(c1ccc(SC)c(-n3nc(C#N)cc3C)n1)CN2. The third-order valence-electron chi connectivity index (χ3n) is 5.26. The van der Waals surface area contributed by atoms with Gasteiger partial charge >= 0.3 is 0 Å². The molecular formula is C25H26N8S. The lowest BCUT2D eigenvalue weighted by Crippen LogP contribution is -2.19. The van der Waals surface area contributed by atoms with E-state index in [1.807, 2.05) is 63.4 Å². The van der Waals surface area contributed by atoms with Crippen molar-refractivity contribution in [3.63, 3.8) is 0 Å². The summed E-state index contributed by atoms with van der Waals surface area (Å²) in [6.45, 7) is 10.2. The van der Waals surface area contributed by atoms with E-state index in [0.717, 1.165) is 33.5 Å². The molecule has 0 saturated heterocycles. The Labute approximate surface area is 203 Å². The van der Waals surface area contributed by atoms with Crippen LogP contribution >= 0.6 is 11.8 Å². The largest absolute Gasteiger partial charge is 0.366 e. The lowest BCUT2D eigenvalue weighted by molar-refractivity contribution is 0.791. The van der Waals surface area contributed by atoms with Gasteiger partial charge < -0.3 is 15.5 Å². The van der Waals surface area contributed by atoms with E-state index in [2.05, 4.69) is 44.5 Å². The Morgan fingerprint density at radius 1 is 1.26 bits per heavy atom. The molecule has 2 N–H and O–H groups in total. The predicted molar refractivity (Wildman–Crippen MR) is 140 cm³/mol. The maximum absolute atomic E-state index is 9.26. The van der Waals surface area contributed by atoms with E-state index in [4.69, 9.17) is 4.98 Å². The summed E-state index contributed by atoms with van der Waals surface area (Å²) >= 11 is 1.59. The molecule has 8 nitrogen and oxygen atoms in total. The first-order valence-electron chi connectivity index (χ1n) is 10.7. The van der Waals surface area contributed by atoms with Crippen molar-refractivity contribution in [2.45, 2.75) is 25.7 Å². The van der Waals surface area contributed by atoms with Gasteiger partial charge in [0, 0.05) is 11.4 Å². The van der Waals surface area contributed by atoms with Crippen LogP contribution in [0.15, 0.2) is 69.8 Å². The number of nitriles is 1. The number of rotatable bonds is 7. The summed E-state index contributed by atoms with van der Waals surface area (Å²) in [6, 6.07) is 14.0. The molecule has 172 valence electrons. The molecule has 0 atom stereocenters. The number of aliphatic imine (C=N–C) groups is 1. The molecule has 0 spiro atoms. The van der Waals surface area contributed by atoms with Gasteiger partial charge in [-0.05, 0) is 76.2 Å². The molecule has 0 radical (unpaired) electrons. The van der Waals surface area contributed by atoms with Crippen LogP contribution in [0.4, 0.5) is 22.9 Å². The molecule has 4 rings (SSSR count). The molecule has 0 unspecified atom stereocenters. The summed E-state index contributed by atoms with van der Waals surface area (Å²) in [4.78, 5) is 12.1. The van der Waals surface area contributed by atoms with Crippen molar-refractivity contribution in [3.8, 4) is 11.9 Å². The molecule has 1 aromatic carbocycles. The van der Waals surface area contributed by atoms with Gasteiger partial charge in [0.1, 0.15) is 17.7 Å². The Balaban J connectivity index is 1.70. The summed E-state index contributed by atoms with van der Waals surface area (Å²) in [5.41, 5.74) is 5.32.